The van der Waals surface area contributed by atoms with Crippen molar-refractivity contribution in [2.75, 3.05) is 5.32 Å². The molecular weight excluding hydrogens is 503 g/mol. The summed E-state index contributed by atoms with van der Waals surface area (Å²) in [6.45, 7) is 6.26. The van der Waals surface area contributed by atoms with Crippen LogP contribution in [0.4, 0.5) is 24.8 Å². The van der Waals surface area contributed by atoms with Crippen LogP contribution in [0.5, 0.6) is 0 Å². The maximum Gasteiger partial charge on any atom is 0.419 e. The van der Waals surface area contributed by atoms with E-state index in [2.05, 4.69) is 47.3 Å². The zero-order valence-corrected chi connectivity index (χ0v) is 22.0. The molecule has 5 rings (SSSR count). The molecule has 2 aliphatic rings. The average molecular weight is 533 g/mol. The number of anilines is 2. The second kappa shape index (κ2) is 9.63. The van der Waals surface area contributed by atoms with Crippen LogP contribution in [0.3, 0.4) is 0 Å². The molecular formula is C30H29F3N5O-. The van der Waals surface area contributed by atoms with Crippen LogP contribution in [0.25, 0.3) is 5.57 Å². The molecule has 0 unspecified atom stereocenters. The van der Waals surface area contributed by atoms with Gasteiger partial charge in [-0.1, -0.05) is 62.7 Å². The Kier molecular flexibility index (Phi) is 6.56. The molecule has 0 bridgehead atoms. The van der Waals surface area contributed by atoms with E-state index in [1.165, 1.54) is 0 Å². The van der Waals surface area contributed by atoms with Gasteiger partial charge in [0, 0.05) is 11.9 Å². The van der Waals surface area contributed by atoms with Crippen LogP contribution in [0.15, 0.2) is 65.4 Å². The van der Waals surface area contributed by atoms with Gasteiger partial charge in [-0.3, -0.25) is 4.79 Å². The number of carbonyl (C=O) groups is 1. The van der Waals surface area contributed by atoms with Gasteiger partial charge in [-0.2, -0.15) is 13.2 Å². The predicted molar refractivity (Wildman–Crippen MR) is 145 cm³/mol. The lowest BCUT2D eigenvalue weighted by Crippen LogP contribution is -2.29. The van der Waals surface area contributed by atoms with E-state index in [9.17, 15) is 18.0 Å². The van der Waals surface area contributed by atoms with Crippen molar-refractivity contribution in [2.45, 2.75) is 58.0 Å². The van der Waals surface area contributed by atoms with E-state index < -0.39 is 23.1 Å². The first-order chi connectivity index (χ1) is 18.4. The minimum Gasteiger partial charge on any atom is -0.369 e. The Morgan fingerprint density at radius 1 is 1.05 bits per heavy atom. The molecule has 0 radical (unpaired) electrons. The Hall–Kier alpha value is -4.01. The molecule has 0 saturated heterocycles. The summed E-state index contributed by atoms with van der Waals surface area (Å²) in [6, 6.07) is 14.7. The maximum atomic E-state index is 13.8. The number of hydrogen-bond acceptors (Lipinski definition) is 5. The second-order valence-electron chi connectivity index (χ2n) is 11.1. The van der Waals surface area contributed by atoms with Crippen LogP contribution in [-0.2, 0) is 29.2 Å². The van der Waals surface area contributed by atoms with Crippen molar-refractivity contribution in [1.82, 2.24) is 9.97 Å². The van der Waals surface area contributed by atoms with Gasteiger partial charge in [0.2, 0.25) is 11.9 Å². The number of hydrogen-bond donors (Lipinski definition) is 2. The lowest BCUT2D eigenvalue weighted by molar-refractivity contribution is -0.138. The molecule has 3 aromatic rings. The molecule has 2 heterocycles. The molecule has 6 nitrogen and oxygen atoms in total. The molecule has 1 aliphatic heterocycles. The molecule has 1 aromatic heterocycles. The van der Waals surface area contributed by atoms with Crippen molar-refractivity contribution in [3.63, 3.8) is 0 Å². The molecule has 0 atom stereocenters. The highest BCUT2D eigenvalue weighted by Crippen LogP contribution is 2.49. The lowest BCUT2D eigenvalue weighted by atomic mass is 9.84. The number of nitrogens with one attached hydrogen (secondary N) is 1. The third kappa shape index (κ3) is 5.30. The fourth-order valence-electron chi connectivity index (χ4n) is 4.90. The smallest absolute Gasteiger partial charge is 0.369 e. The highest BCUT2D eigenvalue weighted by atomic mass is 19.4. The van der Waals surface area contributed by atoms with Crippen molar-refractivity contribution >= 4 is 29.3 Å². The normalized spacial score (nSPS) is 16.2. The van der Waals surface area contributed by atoms with Crippen molar-refractivity contribution in [2.24, 2.45) is 16.1 Å². The van der Waals surface area contributed by atoms with Gasteiger partial charge < -0.3 is 16.0 Å². The monoisotopic (exact) mass is 532 g/mol. The van der Waals surface area contributed by atoms with Gasteiger partial charge in [-0.05, 0) is 66.3 Å². The Bertz CT molecular complexity index is 1480. The average Bonchev–Trinajstić information content (AvgIpc) is 3.64. The van der Waals surface area contributed by atoms with Crippen molar-refractivity contribution in [1.29, 1.82) is 0 Å². The Morgan fingerprint density at radius 2 is 1.74 bits per heavy atom. The number of halogens is 3. The van der Waals surface area contributed by atoms with E-state index in [0.29, 0.717) is 18.5 Å². The molecule has 2 aromatic carbocycles. The van der Waals surface area contributed by atoms with Crippen LogP contribution in [0.1, 0.15) is 61.6 Å². The number of allylic oxidation sites excluding steroid dienone is 2. The number of primary amides is 1. The molecule has 0 spiro atoms. The molecule has 39 heavy (non-hydrogen) atoms. The number of carbonyl (C=O) groups excluding carboxylic acids is 1. The van der Waals surface area contributed by atoms with E-state index in [1.54, 1.807) is 0 Å². The summed E-state index contributed by atoms with van der Waals surface area (Å²) in [5, 5.41) is 3.01. The fourth-order valence-corrected chi connectivity index (χ4v) is 4.90. The summed E-state index contributed by atoms with van der Waals surface area (Å²) in [7, 11) is 0. The van der Waals surface area contributed by atoms with Crippen LogP contribution < -0.4 is 11.1 Å². The summed E-state index contributed by atoms with van der Waals surface area (Å²) >= 11 is 0. The van der Waals surface area contributed by atoms with Gasteiger partial charge in [0.25, 0.3) is 0 Å². The first-order valence-corrected chi connectivity index (χ1v) is 12.8. The largest absolute Gasteiger partial charge is 0.419 e. The predicted octanol–water partition coefficient (Wildman–Crippen LogP) is 6.26. The number of aromatic nitrogens is 2. The van der Waals surface area contributed by atoms with E-state index in [0.717, 1.165) is 34.2 Å². The number of alkyl halides is 3. The molecule has 9 heteroatoms. The zero-order valence-electron chi connectivity index (χ0n) is 22.0. The van der Waals surface area contributed by atoms with Crippen LogP contribution in [0, 0.1) is 5.41 Å². The molecule has 1 aliphatic carbocycles. The summed E-state index contributed by atoms with van der Waals surface area (Å²) in [6.07, 6.45) is 0.808. The first-order valence-electron chi connectivity index (χ1n) is 12.8. The number of nitrogens with two attached hydrogens (primary N) is 1. The minimum atomic E-state index is -4.60. The van der Waals surface area contributed by atoms with Crippen molar-refractivity contribution < 1.29 is 18.0 Å². The Balaban J connectivity index is 1.37. The van der Waals surface area contributed by atoms with Crippen LogP contribution >= 0.6 is 0 Å². The third-order valence-electron chi connectivity index (χ3n) is 7.22. The SMILES string of the molecule is CC(C)(C)C1=C(c2ccc(Nc3ncc(C(F)(F)F)c(CCc4ccccc4C4(C(N)=O)CC4)n3)cc2)[C-]=N1. The summed E-state index contributed by atoms with van der Waals surface area (Å²) in [5.74, 6) is -0.333. The standard InChI is InChI=1S/C30H29F3N5O/c1-28(2,3)25-21(16-35-25)18-8-11-20(12-9-18)37-27-36-17-23(30(31,32)33)24(38-27)13-10-19-6-4-5-7-22(19)29(14-15-29)26(34)39/h4-9,11-12,17H,10,13-15H2,1-3H3,(H2,34,39)(H,36,37,38)/q-1. The zero-order chi connectivity index (χ0) is 28.0. The lowest BCUT2D eigenvalue weighted by Gasteiger charge is -2.34. The third-order valence-corrected chi connectivity index (χ3v) is 7.22. The highest BCUT2D eigenvalue weighted by Gasteiger charge is 2.50. The summed E-state index contributed by atoms with van der Waals surface area (Å²) in [4.78, 5) is 24.5. The minimum absolute atomic E-state index is 0.0236. The van der Waals surface area contributed by atoms with Gasteiger partial charge in [-0.25, -0.2) is 9.97 Å². The number of benzene rings is 2. The number of aliphatic imine (C=N–C) groups is 1. The molecule has 202 valence electrons. The Morgan fingerprint density at radius 3 is 2.31 bits per heavy atom. The van der Waals surface area contributed by atoms with E-state index in [4.69, 9.17) is 5.73 Å². The van der Waals surface area contributed by atoms with Gasteiger partial charge in [-0.15, -0.1) is 5.57 Å². The van der Waals surface area contributed by atoms with Crippen molar-refractivity contribution in [3.8, 4) is 0 Å². The summed E-state index contributed by atoms with van der Waals surface area (Å²) in [5.41, 5.74) is 8.95. The topological polar surface area (TPSA) is 93.3 Å². The molecule has 3 N–H and O–H groups in total. The van der Waals surface area contributed by atoms with Crippen LogP contribution in [-0.4, -0.2) is 22.1 Å². The fraction of sp³-hybridized carbons (Fsp3) is 0.333. The maximum absolute atomic E-state index is 13.8. The molecule has 1 saturated carbocycles. The molecule has 1 amide bonds. The van der Waals surface area contributed by atoms with Gasteiger partial charge in [0.1, 0.15) is 0 Å². The number of aryl methyl sites for hydroxylation is 2. The summed E-state index contributed by atoms with van der Waals surface area (Å²) < 4.78 is 41.4. The van der Waals surface area contributed by atoms with E-state index in [-0.39, 0.29) is 29.9 Å². The number of amides is 1. The van der Waals surface area contributed by atoms with Gasteiger partial charge >= 0.3 is 6.18 Å². The highest BCUT2D eigenvalue weighted by molar-refractivity contribution is 6.16. The van der Waals surface area contributed by atoms with E-state index >= 15 is 0 Å². The quantitative estimate of drug-likeness (QED) is 0.335. The molecule has 1 fully saturated rings. The van der Waals surface area contributed by atoms with Crippen LogP contribution in [0.2, 0.25) is 0 Å². The first kappa shape index (κ1) is 26.6. The van der Waals surface area contributed by atoms with Gasteiger partial charge in [0.15, 0.2) is 0 Å². The number of nitrogens with zero attached hydrogens (tertiary/aromatic N) is 3. The second-order valence-corrected chi connectivity index (χ2v) is 11.1. The Labute approximate surface area is 225 Å². The number of rotatable bonds is 8. The van der Waals surface area contributed by atoms with E-state index in [1.807, 2.05) is 48.5 Å². The van der Waals surface area contributed by atoms with Gasteiger partial charge in [0.05, 0.1) is 16.7 Å². The van der Waals surface area contributed by atoms with Crippen molar-refractivity contribution in [3.05, 3.63) is 88.4 Å².